The van der Waals surface area contributed by atoms with Crippen molar-refractivity contribution in [1.29, 1.82) is 0 Å². The van der Waals surface area contributed by atoms with Gasteiger partial charge in [-0.2, -0.15) is 0 Å². The van der Waals surface area contributed by atoms with E-state index in [1.807, 2.05) is 0 Å². The van der Waals surface area contributed by atoms with Crippen molar-refractivity contribution in [3.63, 3.8) is 0 Å². The van der Waals surface area contributed by atoms with E-state index in [1.54, 1.807) is 0 Å². The van der Waals surface area contributed by atoms with Gasteiger partial charge in [0.15, 0.2) is 0 Å². The largest absolute Gasteiger partial charge is 0.460 e. The standard InChI is InChI=1S/C11H23BO2/c1-3-5-9-13-12(11-7-8-11)14-10-6-4-2/h11H,3-10H2,1-2H3. The van der Waals surface area contributed by atoms with E-state index in [1.165, 1.54) is 25.7 Å². The van der Waals surface area contributed by atoms with Crippen LogP contribution in [0.5, 0.6) is 0 Å². The lowest BCUT2D eigenvalue weighted by Gasteiger charge is -2.13. The van der Waals surface area contributed by atoms with Crippen LogP contribution < -0.4 is 0 Å². The van der Waals surface area contributed by atoms with Gasteiger partial charge >= 0.3 is 7.12 Å². The fourth-order valence-electron chi connectivity index (χ4n) is 1.38. The molecule has 0 aromatic rings. The van der Waals surface area contributed by atoms with Gasteiger partial charge in [-0.25, -0.2) is 0 Å². The van der Waals surface area contributed by atoms with Gasteiger partial charge in [0, 0.05) is 13.2 Å². The predicted octanol–water partition coefficient (Wildman–Crippen LogP) is 3.27. The molecule has 3 heteroatoms. The third-order valence-corrected chi connectivity index (χ3v) is 2.57. The highest BCUT2D eigenvalue weighted by molar-refractivity contribution is 6.47. The maximum atomic E-state index is 5.73. The lowest BCUT2D eigenvalue weighted by molar-refractivity contribution is 0.190. The maximum absolute atomic E-state index is 5.73. The summed E-state index contributed by atoms with van der Waals surface area (Å²) >= 11 is 0. The normalized spacial score (nSPS) is 15.9. The molecule has 1 rings (SSSR count). The van der Waals surface area contributed by atoms with Crippen LogP contribution >= 0.6 is 0 Å². The Morgan fingerprint density at radius 3 is 1.86 bits per heavy atom. The molecule has 0 atom stereocenters. The summed E-state index contributed by atoms with van der Waals surface area (Å²) in [5.74, 6) is 0.698. The Labute approximate surface area is 88.5 Å². The monoisotopic (exact) mass is 198 g/mol. The zero-order valence-corrected chi connectivity index (χ0v) is 9.63. The van der Waals surface area contributed by atoms with Gasteiger partial charge in [-0.15, -0.1) is 0 Å². The summed E-state index contributed by atoms with van der Waals surface area (Å²) in [6.45, 7) is 6.11. The van der Waals surface area contributed by atoms with Crippen molar-refractivity contribution in [2.45, 2.75) is 58.2 Å². The predicted molar refractivity (Wildman–Crippen MR) is 60.5 cm³/mol. The second-order valence-electron chi connectivity index (χ2n) is 4.15. The fraction of sp³-hybridized carbons (Fsp3) is 1.00. The van der Waals surface area contributed by atoms with Crippen molar-refractivity contribution < 1.29 is 9.31 Å². The van der Waals surface area contributed by atoms with E-state index in [2.05, 4.69) is 13.8 Å². The zero-order valence-electron chi connectivity index (χ0n) is 9.63. The summed E-state index contributed by atoms with van der Waals surface area (Å²) in [6, 6.07) is 0. The number of unbranched alkanes of at least 4 members (excludes halogenated alkanes) is 2. The molecule has 82 valence electrons. The summed E-state index contributed by atoms with van der Waals surface area (Å²) in [7, 11) is 0.105. The molecule has 1 aliphatic rings. The molecule has 0 aromatic heterocycles. The van der Waals surface area contributed by atoms with Crippen LogP contribution in [0.4, 0.5) is 0 Å². The van der Waals surface area contributed by atoms with E-state index in [0.717, 1.165) is 26.1 Å². The number of hydrogen-bond acceptors (Lipinski definition) is 2. The molecule has 0 amide bonds. The molecule has 0 unspecified atom stereocenters. The van der Waals surface area contributed by atoms with Crippen molar-refractivity contribution >= 4 is 7.12 Å². The van der Waals surface area contributed by atoms with Crippen LogP contribution in [-0.2, 0) is 9.31 Å². The average Bonchev–Trinajstić information content (AvgIpc) is 2.99. The SMILES string of the molecule is CCCCOB(OCCCC)C1CC1. The summed E-state index contributed by atoms with van der Waals surface area (Å²) < 4.78 is 11.5. The third-order valence-electron chi connectivity index (χ3n) is 2.57. The van der Waals surface area contributed by atoms with Gasteiger partial charge in [0.25, 0.3) is 0 Å². The Bertz CT molecular complexity index is 127. The summed E-state index contributed by atoms with van der Waals surface area (Å²) in [5.41, 5.74) is 0. The van der Waals surface area contributed by atoms with Gasteiger partial charge in [0.2, 0.25) is 0 Å². The summed E-state index contributed by atoms with van der Waals surface area (Å²) in [6.07, 6.45) is 7.30. The molecule has 0 radical (unpaired) electrons. The smallest absolute Gasteiger partial charge is 0.411 e. The first-order chi connectivity index (χ1) is 6.88. The van der Waals surface area contributed by atoms with Crippen LogP contribution in [0, 0.1) is 0 Å². The van der Waals surface area contributed by atoms with Gasteiger partial charge < -0.3 is 9.31 Å². The van der Waals surface area contributed by atoms with Gasteiger partial charge in [-0.05, 0) is 18.7 Å². The van der Waals surface area contributed by atoms with Crippen molar-refractivity contribution in [3.05, 3.63) is 0 Å². The Kier molecular flexibility index (Phi) is 6.29. The molecule has 0 saturated heterocycles. The molecule has 0 aromatic carbocycles. The molecule has 0 bridgehead atoms. The first-order valence-corrected chi connectivity index (χ1v) is 6.11. The quantitative estimate of drug-likeness (QED) is 0.418. The zero-order chi connectivity index (χ0) is 10.2. The van der Waals surface area contributed by atoms with Crippen molar-refractivity contribution in [2.75, 3.05) is 13.2 Å². The second-order valence-corrected chi connectivity index (χ2v) is 4.15. The minimum atomic E-state index is 0.105. The summed E-state index contributed by atoms with van der Waals surface area (Å²) in [5, 5.41) is 0. The Morgan fingerprint density at radius 2 is 1.50 bits per heavy atom. The molecule has 1 saturated carbocycles. The number of rotatable bonds is 9. The van der Waals surface area contributed by atoms with E-state index >= 15 is 0 Å². The van der Waals surface area contributed by atoms with Crippen LogP contribution in [0.3, 0.4) is 0 Å². The van der Waals surface area contributed by atoms with Crippen LogP contribution in [0.25, 0.3) is 0 Å². The fourth-order valence-corrected chi connectivity index (χ4v) is 1.38. The maximum Gasteiger partial charge on any atom is 0.460 e. The molecule has 0 heterocycles. The lowest BCUT2D eigenvalue weighted by atomic mass is 9.82. The number of hydrogen-bond donors (Lipinski definition) is 0. The summed E-state index contributed by atoms with van der Waals surface area (Å²) in [4.78, 5) is 0. The Hall–Kier alpha value is -0.0151. The molecular weight excluding hydrogens is 175 g/mol. The van der Waals surface area contributed by atoms with Crippen molar-refractivity contribution in [3.8, 4) is 0 Å². The molecule has 14 heavy (non-hydrogen) atoms. The van der Waals surface area contributed by atoms with Crippen LogP contribution in [0.2, 0.25) is 5.82 Å². The Balaban J connectivity index is 2.05. The van der Waals surface area contributed by atoms with Gasteiger partial charge in [-0.3, -0.25) is 0 Å². The van der Waals surface area contributed by atoms with E-state index in [4.69, 9.17) is 9.31 Å². The highest BCUT2D eigenvalue weighted by Crippen LogP contribution is 2.39. The molecular formula is C11H23BO2. The average molecular weight is 198 g/mol. The van der Waals surface area contributed by atoms with Gasteiger partial charge in [-0.1, -0.05) is 39.5 Å². The van der Waals surface area contributed by atoms with Crippen molar-refractivity contribution in [1.82, 2.24) is 0 Å². The lowest BCUT2D eigenvalue weighted by Crippen LogP contribution is -2.24. The van der Waals surface area contributed by atoms with Crippen molar-refractivity contribution in [2.24, 2.45) is 0 Å². The Morgan fingerprint density at radius 1 is 1.00 bits per heavy atom. The first kappa shape index (κ1) is 12.1. The highest BCUT2D eigenvalue weighted by Gasteiger charge is 2.38. The van der Waals surface area contributed by atoms with E-state index < -0.39 is 0 Å². The third kappa shape index (κ3) is 5.01. The van der Waals surface area contributed by atoms with Crippen LogP contribution in [-0.4, -0.2) is 20.3 Å². The molecule has 0 spiro atoms. The molecule has 0 N–H and O–H groups in total. The van der Waals surface area contributed by atoms with Gasteiger partial charge in [0.05, 0.1) is 0 Å². The first-order valence-electron chi connectivity index (χ1n) is 6.11. The topological polar surface area (TPSA) is 18.5 Å². The molecule has 1 fully saturated rings. The van der Waals surface area contributed by atoms with Gasteiger partial charge in [0.1, 0.15) is 0 Å². The minimum absolute atomic E-state index is 0.105. The van der Waals surface area contributed by atoms with Crippen LogP contribution in [0.15, 0.2) is 0 Å². The molecule has 0 aliphatic heterocycles. The van der Waals surface area contributed by atoms with E-state index in [9.17, 15) is 0 Å². The minimum Gasteiger partial charge on any atom is -0.411 e. The highest BCUT2D eigenvalue weighted by atomic mass is 16.6. The van der Waals surface area contributed by atoms with E-state index in [-0.39, 0.29) is 7.12 Å². The van der Waals surface area contributed by atoms with E-state index in [0.29, 0.717) is 5.82 Å². The second kappa shape index (κ2) is 7.30. The molecule has 2 nitrogen and oxygen atoms in total. The van der Waals surface area contributed by atoms with Crippen LogP contribution in [0.1, 0.15) is 52.4 Å². The molecule has 1 aliphatic carbocycles.